The number of aromatic nitrogens is 2. The average Bonchev–Trinajstić information content (AvgIpc) is 3.17. The van der Waals surface area contributed by atoms with Gasteiger partial charge in [-0.1, -0.05) is 76.1 Å². The highest BCUT2D eigenvalue weighted by Crippen LogP contribution is 2.37. The predicted molar refractivity (Wildman–Crippen MR) is 135 cm³/mol. The fraction of sp³-hybridized carbons (Fsp3) is 0.115. The zero-order chi connectivity index (χ0) is 22.9. The minimum absolute atomic E-state index is 0.129. The Morgan fingerprint density at radius 2 is 1.70 bits per heavy atom. The highest BCUT2D eigenvalue weighted by atomic mass is 79.9. The molecule has 2 heterocycles. The van der Waals surface area contributed by atoms with Gasteiger partial charge in [0.2, 0.25) is 11.9 Å². The Morgan fingerprint density at radius 3 is 2.39 bits per heavy atom. The molecule has 4 aromatic rings. The molecule has 1 unspecified atom stereocenters. The molecule has 7 heteroatoms. The van der Waals surface area contributed by atoms with Crippen molar-refractivity contribution in [2.24, 2.45) is 5.10 Å². The fourth-order valence-corrected chi connectivity index (χ4v) is 4.29. The molecule has 0 bridgehead atoms. The number of amides is 1. The molecular weight excluding hydrogens is 478 g/mol. The van der Waals surface area contributed by atoms with E-state index in [1.807, 2.05) is 85.8 Å². The molecule has 1 amide bonds. The van der Waals surface area contributed by atoms with Gasteiger partial charge in [0.15, 0.2) is 0 Å². The smallest absolute Gasteiger partial charge is 0.234 e. The van der Waals surface area contributed by atoms with E-state index in [-0.39, 0.29) is 11.9 Å². The second-order valence-corrected chi connectivity index (χ2v) is 8.96. The van der Waals surface area contributed by atoms with E-state index in [0.717, 1.165) is 32.6 Å². The maximum Gasteiger partial charge on any atom is 0.234 e. The quantitative estimate of drug-likeness (QED) is 0.384. The van der Waals surface area contributed by atoms with Crippen LogP contribution in [-0.4, -0.2) is 21.3 Å². The summed E-state index contributed by atoms with van der Waals surface area (Å²) in [7, 11) is 0. The van der Waals surface area contributed by atoms with E-state index in [1.165, 1.54) is 0 Å². The lowest BCUT2D eigenvalue weighted by molar-refractivity contribution is -0.117. The van der Waals surface area contributed by atoms with Crippen LogP contribution in [0, 0.1) is 6.92 Å². The van der Waals surface area contributed by atoms with Crippen molar-refractivity contribution in [3.05, 3.63) is 100 Å². The van der Waals surface area contributed by atoms with Crippen molar-refractivity contribution in [1.29, 1.82) is 0 Å². The van der Waals surface area contributed by atoms with Gasteiger partial charge in [-0.15, -0.1) is 0 Å². The van der Waals surface area contributed by atoms with E-state index in [0.29, 0.717) is 17.8 Å². The van der Waals surface area contributed by atoms with Gasteiger partial charge in [-0.2, -0.15) is 5.10 Å². The molecule has 1 atom stereocenters. The van der Waals surface area contributed by atoms with Crippen LogP contribution in [0.4, 0.5) is 11.6 Å². The first-order valence-corrected chi connectivity index (χ1v) is 11.4. The van der Waals surface area contributed by atoms with Crippen LogP contribution in [-0.2, 0) is 4.79 Å². The molecule has 33 heavy (non-hydrogen) atoms. The van der Waals surface area contributed by atoms with Gasteiger partial charge < -0.3 is 11.1 Å². The lowest BCUT2D eigenvalue weighted by atomic mass is 9.90. The second-order valence-electron chi connectivity index (χ2n) is 8.05. The monoisotopic (exact) mass is 499 g/mol. The SMILES string of the molecule is Cc1ccc(C2=Nn3c(N)nc(-c4ccccc4)c3C(C(=O)Nc3ccc(Br)cc3)C2)cc1. The van der Waals surface area contributed by atoms with Crippen molar-refractivity contribution < 1.29 is 4.79 Å². The summed E-state index contributed by atoms with van der Waals surface area (Å²) in [6.45, 7) is 2.04. The van der Waals surface area contributed by atoms with Crippen LogP contribution < -0.4 is 11.1 Å². The molecule has 3 aromatic carbocycles. The molecule has 0 radical (unpaired) electrons. The summed E-state index contributed by atoms with van der Waals surface area (Å²) in [4.78, 5) is 18.2. The molecule has 164 valence electrons. The van der Waals surface area contributed by atoms with Crippen molar-refractivity contribution in [2.75, 3.05) is 11.1 Å². The molecule has 6 nitrogen and oxygen atoms in total. The molecule has 0 saturated carbocycles. The number of imidazole rings is 1. The molecule has 1 aliphatic rings. The van der Waals surface area contributed by atoms with E-state index in [4.69, 9.17) is 10.8 Å². The minimum atomic E-state index is -0.512. The van der Waals surface area contributed by atoms with Crippen LogP contribution in [0.5, 0.6) is 0 Å². The van der Waals surface area contributed by atoms with Crippen LogP contribution in [0.15, 0.2) is 88.4 Å². The van der Waals surface area contributed by atoms with Crippen LogP contribution in [0.3, 0.4) is 0 Å². The first-order valence-electron chi connectivity index (χ1n) is 10.6. The number of fused-ring (bicyclic) bond motifs is 1. The van der Waals surface area contributed by atoms with Gasteiger partial charge in [0.25, 0.3) is 0 Å². The summed E-state index contributed by atoms with van der Waals surface area (Å²) < 4.78 is 2.57. The lowest BCUT2D eigenvalue weighted by Gasteiger charge is -2.24. The van der Waals surface area contributed by atoms with Crippen LogP contribution >= 0.6 is 15.9 Å². The Hall–Kier alpha value is -3.71. The number of hydrogen-bond donors (Lipinski definition) is 2. The number of nitrogen functional groups attached to an aromatic ring is 1. The average molecular weight is 500 g/mol. The maximum absolute atomic E-state index is 13.6. The number of nitrogens with two attached hydrogens (primary N) is 1. The summed E-state index contributed by atoms with van der Waals surface area (Å²) in [5.74, 6) is -0.382. The van der Waals surface area contributed by atoms with Gasteiger partial charge >= 0.3 is 0 Å². The number of carbonyl (C=O) groups is 1. The number of halogens is 1. The number of aryl methyl sites for hydroxylation is 1. The molecule has 5 rings (SSSR count). The third-order valence-corrected chi connectivity index (χ3v) is 6.25. The molecule has 1 aliphatic heterocycles. The highest BCUT2D eigenvalue weighted by molar-refractivity contribution is 9.10. The van der Waals surface area contributed by atoms with Crippen LogP contribution in [0.25, 0.3) is 11.3 Å². The van der Waals surface area contributed by atoms with Gasteiger partial charge in [0.1, 0.15) is 0 Å². The summed E-state index contributed by atoms with van der Waals surface area (Å²) in [5.41, 5.74) is 12.2. The molecule has 0 aliphatic carbocycles. The third kappa shape index (κ3) is 4.19. The summed E-state index contributed by atoms with van der Waals surface area (Å²) >= 11 is 3.43. The van der Waals surface area contributed by atoms with E-state index < -0.39 is 5.92 Å². The van der Waals surface area contributed by atoms with Crippen molar-refractivity contribution >= 4 is 39.2 Å². The summed E-state index contributed by atoms with van der Waals surface area (Å²) in [6, 6.07) is 25.4. The van der Waals surface area contributed by atoms with Crippen molar-refractivity contribution in [2.45, 2.75) is 19.3 Å². The predicted octanol–water partition coefficient (Wildman–Crippen LogP) is 5.58. The lowest BCUT2D eigenvalue weighted by Crippen LogP contribution is -2.29. The highest BCUT2D eigenvalue weighted by Gasteiger charge is 2.35. The Balaban J connectivity index is 1.61. The topological polar surface area (TPSA) is 85.3 Å². The Labute approximate surface area is 200 Å². The Kier molecular flexibility index (Phi) is 5.56. The van der Waals surface area contributed by atoms with E-state index in [9.17, 15) is 4.79 Å². The Bertz CT molecular complexity index is 1340. The van der Waals surface area contributed by atoms with Crippen molar-refractivity contribution in [1.82, 2.24) is 9.66 Å². The van der Waals surface area contributed by atoms with Gasteiger partial charge in [-0.3, -0.25) is 4.79 Å². The van der Waals surface area contributed by atoms with Gasteiger partial charge in [0, 0.05) is 22.1 Å². The normalized spacial score (nSPS) is 15.0. The number of carbonyl (C=O) groups excluding carboxylic acids is 1. The van der Waals surface area contributed by atoms with Crippen LogP contribution in [0.1, 0.15) is 29.2 Å². The largest absolute Gasteiger partial charge is 0.368 e. The molecular formula is C26H22BrN5O. The number of hydrogen-bond acceptors (Lipinski definition) is 4. The second kappa shape index (κ2) is 8.67. The number of anilines is 2. The summed E-state index contributed by atoms with van der Waals surface area (Å²) in [6.07, 6.45) is 0.441. The molecule has 3 N–H and O–H groups in total. The van der Waals surface area contributed by atoms with Crippen molar-refractivity contribution in [3.63, 3.8) is 0 Å². The van der Waals surface area contributed by atoms with E-state index in [2.05, 4.69) is 26.2 Å². The zero-order valence-corrected chi connectivity index (χ0v) is 19.6. The first-order chi connectivity index (χ1) is 16.0. The van der Waals surface area contributed by atoms with Crippen molar-refractivity contribution in [3.8, 4) is 11.3 Å². The number of nitrogens with one attached hydrogen (secondary N) is 1. The first kappa shape index (κ1) is 21.2. The summed E-state index contributed by atoms with van der Waals surface area (Å²) in [5, 5.41) is 7.85. The number of rotatable bonds is 4. The molecule has 0 saturated heterocycles. The number of nitrogens with zero attached hydrogens (tertiary/aromatic N) is 3. The molecule has 0 spiro atoms. The Morgan fingerprint density at radius 1 is 1.00 bits per heavy atom. The molecule has 1 aromatic heterocycles. The number of benzene rings is 3. The third-order valence-electron chi connectivity index (χ3n) is 5.72. The maximum atomic E-state index is 13.6. The van der Waals surface area contributed by atoms with E-state index in [1.54, 1.807) is 4.68 Å². The van der Waals surface area contributed by atoms with Gasteiger partial charge in [0.05, 0.1) is 23.0 Å². The zero-order valence-electron chi connectivity index (χ0n) is 18.0. The molecule has 0 fully saturated rings. The van der Waals surface area contributed by atoms with Gasteiger partial charge in [-0.05, 0) is 36.8 Å². The standard InChI is InChI=1S/C26H22BrN5O/c1-16-7-9-17(10-8-16)22-15-21(25(33)29-20-13-11-19(27)12-14-20)24-23(18-5-3-2-4-6-18)30-26(28)32(24)31-22/h2-14,21H,15H2,1H3,(H2,28,30)(H,29,33). The van der Waals surface area contributed by atoms with Gasteiger partial charge in [-0.25, -0.2) is 9.66 Å². The van der Waals surface area contributed by atoms with E-state index >= 15 is 0 Å². The van der Waals surface area contributed by atoms with Crippen LogP contribution in [0.2, 0.25) is 0 Å². The minimum Gasteiger partial charge on any atom is -0.368 e. The fourth-order valence-electron chi connectivity index (χ4n) is 4.02.